The van der Waals surface area contributed by atoms with Crippen LogP contribution in [-0.4, -0.2) is 69.2 Å². The molecule has 2 fully saturated rings. The Bertz CT molecular complexity index is 526. The minimum atomic E-state index is -0.000159. The van der Waals surface area contributed by atoms with Crippen LogP contribution in [-0.2, 0) is 9.47 Å². The van der Waals surface area contributed by atoms with E-state index < -0.39 is 0 Å². The SMILES string of the molecule is CSc1ccc(C(=O)NCC(C2CCOC2)N2CCOCC2)cc1. The molecule has 0 bridgehead atoms. The number of benzene rings is 1. The van der Waals surface area contributed by atoms with E-state index in [1.165, 1.54) is 4.90 Å². The molecule has 0 spiro atoms. The minimum Gasteiger partial charge on any atom is -0.381 e. The molecular formula is C18H26N2O3S. The summed E-state index contributed by atoms with van der Waals surface area (Å²) in [5.74, 6) is 0.488. The van der Waals surface area contributed by atoms with Crippen LogP contribution in [0.25, 0.3) is 0 Å². The number of ether oxygens (including phenoxy) is 2. The number of nitrogens with zero attached hydrogens (tertiary/aromatic N) is 1. The van der Waals surface area contributed by atoms with Crippen LogP contribution >= 0.6 is 11.8 Å². The van der Waals surface area contributed by atoms with E-state index in [0.29, 0.717) is 18.5 Å². The van der Waals surface area contributed by atoms with Gasteiger partial charge in [0.05, 0.1) is 19.8 Å². The van der Waals surface area contributed by atoms with Crippen LogP contribution in [0.2, 0.25) is 0 Å². The third-order valence-electron chi connectivity index (χ3n) is 4.85. The van der Waals surface area contributed by atoms with E-state index in [-0.39, 0.29) is 5.91 Å². The van der Waals surface area contributed by atoms with Gasteiger partial charge in [0.25, 0.3) is 5.91 Å². The molecule has 1 aromatic rings. The second-order valence-corrected chi connectivity index (χ2v) is 7.16. The van der Waals surface area contributed by atoms with Crippen LogP contribution in [0.3, 0.4) is 0 Å². The Morgan fingerprint density at radius 2 is 2.00 bits per heavy atom. The molecule has 2 atom stereocenters. The molecule has 132 valence electrons. The van der Waals surface area contributed by atoms with Crippen molar-refractivity contribution in [1.82, 2.24) is 10.2 Å². The molecule has 1 N–H and O–H groups in total. The molecule has 2 saturated heterocycles. The quantitative estimate of drug-likeness (QED) is 0.794. The van der Waals surface area contributed by atoms with Crippen molar-refractivity contribution in [2.45, 2.75) is 17.4 Å². The van der Waals surface area contributed by atoms with Crippen molar-refractivity contribution in [1.29, 1.82) is 0 Å². The van der Waals surface area contributed by atoms with E-state index in [1.807, 2.05) is 30.5 Å². The van der Waals surface area contributed by atoms with Gasteiger partial charge in [0, 0.05) is 48.7 Å². The maximum absolute atomic E-state index is 12.5. The van der Waals surface area contributed by atoms with Crippen LogP contribution in [0.15, 0.2) is 29.2 Å². The molecule has 1 amide bonds. The van der Waals surface area contributed by atoms with Gasteiger partial charge in [-0.1, -0.05) is 0 Å². The Kier molecular flexibility index (Phi) is 6.54. The lowest BCUT2D eigenvalue weighted by Crippen LogP contribution is -2.52. The Morgan fingerprint density at radius 3 is 2.62 bits per heavy atom. The normalized spacial score (nSPS) is 23.1. The van der Waals surface area contributed by atoms with Crippen molar-refractivity contribution in [3.63, 3.8) is 0 Å². The second-order valence-electron chi connectivity index (χ2n) is 6.28. The highest BCUT2D eigenvalue weighted by Gasteiger charge is 2.31. The summed E-state index contributed by atoms with van der Waals surface area (Å²) >= 11 is 1.68. The van der Waals surface area contributed by atoms with Gasteiger partial charge in [-0.15, -0.1) is 11.8 Å². The third kappa shape index (κ3) is 4.51. The number of carbonyl (C=O) groups excluding carboxylic acids is 1. The molecule has 0 saturated carbocycles. The maximum atomic E-state index is 12.5. The molecule has 1 aromatic carbocycles. The Hall–Kier alpha value is -1.08. The standard InChI is InChI=1S/C18H26N2O3S/c1-24-16-4-2-14(3-5-16)18(21)19-12-17(15-6-9-23-13-15)20-7-10-22-11-8-20/h2-5,15,17H,6-13H2,1H3,(H,19,21). The average Bonchev–Trinajstić information content (AvgIpc) is 3.17. The van der Waals surface area contributed by atoms with Crippen molar-refractivity contribution >= 4 is 17.7 Å². The van der Waals surface area contributed by atoms with Crippen molar-refractivity contribution in [3.8, 4) is 0 Å². The highest BCUT2D eigenvalue weighted by atomic mass is 32.2. The van der Waals surface area contributed by atoms with Crippen LogP contribution in [0.1, 0.15) is 16.8 Å². The molecule has 5 nitrogen and oxygen atoms in total. The number of carbonyl (C=O) groups is 1. The van der Waals surface area contributed by atoms with Gasteiger partial charge in [0.2, 0.25) is 0 Å². The molecule has 2 unspecified atom stereocenters. The van der Waals surface area contributed by atoms with E-state index >= 15 is 0 Å². The van der Waals surface area contributed by atoms with Crippen molar-refractivity contribution < 1.29 is 14.3 Å². The van der Waals surface area contributed by atoms with E-state index in [9.17, 15) is 4.79 Å². The summed E-state index contributed by atoms with van der Waals surface area (Å²) in [6.45, 7) is 5.69. The Balaban J connectivity index is 1.60. The summed E-state index contributed by atoms with van der Waals surface area (Å²) in [4.78, 5) is 16.1. The Morgan fingerprint density at radius 1 is 1.25 bits per heavy atom. The van der Waals surface area contributed by atoms with Gasteiger partial charge in [0.1, 0.15) is 0 Å². The van der Waals surface area contributed by atoms with E-state index in [2.05, 4.69) is 10.2 Å². The first-order valence-corrected chi connectivity index (χ1v) is 9.82. The van der Waals surface area contributed by atoms with Crippen molar-refractivity contribution in [2.75, 3.05) is 52.3 Å². The molecule has 24 heavy (non-hydrogen) atoms. The largest absolute Gasteiger partial charge is 0.381 e. The number of nitrogens with one attached hydrogen (secondary N) is 1. The zero-order valence-corrected chi connectivity index (χ0v) is 15.0. The highest BCUT2D eigenvalue weighted by molar-refractivity contribution is 7.98. The fraction of sp³-hybridized carbons (Fsp3) is 0.611. The highest BCUT2D eigenvalue weighted by Crippen LogP contribution is 2.22. The van der Waals surface area contributed by atoms with Gasteiger partial charge in [0.15, 0.2) is 0 Å². The number of rotatable bonds is 6. The molecule has 0 aromatic heterocycles. The molecule has 0 aliphatic carbocycles. The van der Waals surface area contributed by atoms with Crippen molar-refractivity contribution in [3.05, 3.63) is 29.8 Å². The summed E-state index contributed by atoms with van der Waals surface area (Å²) in [6, 6.07) is 8.09. The first-order chi connectivity index (χ1) is 11.8. The van der Waals surface area contributed by atoms with Gasteiger partial charge in [-0.25, -0.2) is 0 Å². The fourth-order valence-corrected chi connectivity index (χ4v) is 3.81. The lowest BCUT2D eigenvalue weighted by molar-refractivity contribution is 0.00166. The first-order valence-electron chi connectivity index (χ1n) is 8.59. The maximum Gasteiger partial charge on any atom is 0.251 e. The molecule has 0 radical (unpaired) electrons. The number of amides is 1. The fourth-order valence-electron chi connectivity index (χ4n) is 3.40. The molecule has 3 rings (SSSR count). The zero-order chi connectivity index (χ0) is 16.8. The van der Waals surface area contributed by atoms with Gasteiger partial charge in [-0.2, -0.15) is 0 Å². The van der Waals surface area contributed by atoms with E-state index in [4.69, 9.17) is 9.47 Å². The summed E-state index contributed by atoms with van der Waals surface area (Å²) < 4.78 is 11.0. The first kappa shape index (κ1) is 17.7. The predicted molar refractivity (Wildman–Crippen MR) is 95.7 cm³/mol. The summed E-state index contributed by atoms with van der Waals surface area (Å²) in [5, 5.41) is 3.13. The van der Waals surface area contributed by atoms with E-state index in [0.717, 1.165) is 51.5 Å². The Labute approximate surface area is 148 Å². The monoisotopic (exact) mass is 350 g/mol. The predicted octanol–water partition coefficient (Wildman–Crippen LogP) is 1.88. The molecule has 6 heteroatoms. The zero-order valence-electron chi connectivity index (χ0n) is 14.2. The van der Waals surface area contributed by atoms with Gasteiger partial charge < -0.3 is 14.8 Å². The van der Waals surface area contributed by atoms with Crippen LogP contribution in [0.4, 0.5) is 0 Å². The topological polar surface area (TPSA) is 50.8 Å². The smallest absolute Gasteiger partial charge is 0.251 e. The average molecular weight is 350 g/mol. The molecule has 2 aliphatic rings. The van der Waals surface area contributed by atoms with Crippen LogP contribution in [0.5, 0.6) is 0 Å². The van der Waals surface area contributed by atoms with Crippen LogP contribution < -0.4 is 5.32 Å². The molecule has 2 aliphatic heterocycles. The van der Waals surface area contributed by atoms with Gasteiger partial charge in [-0.3, -0.25) is 9.69 Å². The second kappa shape index (κ2) is 8.85. The summed E-state index contributed by atoms with van der Waals surface area (Å²) in [5.41, 5.74) is 0.719. The molecular weight excluding hydrogens is 324 g/mol. The van der Waals surface area contributed by atoms with Gasteiger partial charge >= 0.3 is 0 Å². The third-order valence-corrected chi connectivity index (χ3v) is 5.59. The number of morpholine rings is 1. The number of hydrogen-bond donors (Lipinski definition) is 1. The lowest BCUT2D eigenvalue weighted by Gasteiger charge is -2.37. The van der Waals surface area contributed by atoms with Gasteiger partial charge in [-0.05, 0) is 36.9 Å². The summed E-state index contributed by atoms with van der Waals surface area (Å²) in [6.07, 6.45) is 3.10. The minimum absolute atomic E-state index is 0.000159. The van der Waals surface area contributed by atoms with E-state index in [1.54, 1.807) is 11.8 Å². The number of thioether (sulfide) groups is 1. The van der Waals surface area contributed by atoms with Crippen LogP contribution in [0, 0.1) is 5.92 Å². The lowest BCUT2D eigenvalue weighted by atomic mass is 9.96. The molecule has 2 heterocycles. The van der Waals surface area contributed by atoms with Crippen molar-refractivity contribution in [2.24, 2.45) is 5.92 Å². The summed E-state index contributed by atoms with van der Waals surface area (Å²) in [7, 11) is 0. The number of hydrogen-bond acceptors (Lipinski definition) is 5.